The van der Waals surface area contributed by atoms with Gasteiger partial charge < -0.3 is 15.5 Å². The Bertz CT molecular complexity index is 185. The number of rotatable bonds is 7. The molecule has 0 aliphatic heterocycles. The van der Waals surface area contributed by atoms with Gasteiger partial charge in [-0.05, 0) is 0 Å². The first-order valence-corrected chi connectivity index (χ1v) is 3.81. The van der Waals surface area contributed by atoms with Gasteiger partial charge in [-0.25, -0.2) is 0 Å². The lowest BCUT2D eigenvalue weighted by Crippen LogP contribution is -2.53. The van der Waals surface area contributed by atoms with Gasteiger partial charge in [0.15, 0.2) is 0 Å². The minimum absolute atomic E-state index is 0. The Kier molecular flexibility index (Phi) is 8.66. The van der Waals surface area contributed by atoms with Crippen LogP contribution in [0.1, 0.15) is 0 Å². The van der Waals surface area contributed by atoms with Crippen molar-refractivity contribution in [3.05, 3.63) is 22.8 Å². The number of nitro groups is 1. The molecule has 84 valence electrons. The minimum Gasteiger partial charge on any atom is -0.389 e. The smallest absolute Gasteiger partial charge is 0.279 e. The van der Waals surface area contributed by atoms with Crippen LogP contribution in [0.2, 0.25) is 0 Å². The first-order valence-electron chi connectivity index (χ1n) is 3.81. The molecule has 0 saturated carbocycles. The van der Waals surface area contributed by atoms with Crippen LogP contribution in [-0.4, -0.2) is 47.0 Å². The van der Waals surface area contributed by atoms with Gasteiger partial charge in [-0.1, -0.05) is 6.08 Å². The van der Waals surface area contributed by atoms with Crippen molar-refractivity contribution >= 4 is 12.4 Å². The molecule has 0 unspecified atom stereocenters. The highest BCUT2D eigenvalue weighted by atomic mass is 35.5. The lowest BCUT2D eigenvalue weighted by atomic mass is 10.0. The molecule has 3 N–H and O–H groups in total. The third kappa shape index (κ3) is 4.01. The van der Waals surface area contributed by atoms with Gasteiger partial charge >= 0.3 is 0 Å². The topological polar surface area (TPSA) is 95.6 Å². The molecule has 0 heterocycles. The summed E-state index contributed by atoms with van der Waals surface area (Å²) in [6, 6.07) is 0. The zero-order chi connectivity index (χ0) is 10.3. The van der Waals surface area contributed by atoms with E-state index in [0.717, 1.165) is 0 Å². The second kappa shape index (κ2) is 7.69. The second-order valence-corrected chi connectivity index (χ2v) is 2.72. The van der Waals surface area contributed by atoms with Crippen LogP contribution in [0.5, 0.6) is 0 Å². The average Bonchev–Trinajstić information content (AvgIpc) is 2.13. The number of halogens is 1. The van der Waals surface area contributed by atoms with Gasteiger partial charge in [-0.3, -0.25) is 10.1 Å². The van der Waals surface area contributed by atoms with Crippen molar-refractivity contribution in [2.75, 3.05) is 26.3 Å². The molecule has 14 heavy (non-hydrogen) atoms. The Labute approximate surface area is 88.2 Å². The molecule has 0 fully saturated rings. The van der Waals surface area contributed by atoms with Crippen LogP contribution >= 0.6 is 12.4 Å². The van der Waals surface area contributed by atoms with Crippen molar-refractivity contribution in [2.45, 2.75) is 5.54 Å². The number of nitrogens with zero attached hydrogens (tertiary/aromatic N) is 1. The normalized spacial score (nSPS) is 10.4. The molecule has 0 bridgehead atoms. The molecule has 7 heteroatoms. The van der Waals surface area contributed by atoms with Gasteiger partial charge in [0.05, 0.1) is 6.54 Å². The van der Waals surface area contributed by atoms with Gasteiger partial charge in [0.2, 0.25) is 0 Å². The van der Waals surface area contributed by atoms with Gasteiger partial charge in [-0.15, -0.1) is 19.0 Å². The van der Waals surface area contributed by atoms with E-state index in [0.29, 0.717) is 6.54 Å². The predicted molar refractivity (Wildman–Crippen MR) is 54.2 cm³/mol. The summed E-state index contributed by atoms with van der Waals surface area (Å²) >= 11 is 0. The van der Waals surface area contributed by atoms with Crippen molar-refractivity contribution in [1.82, 2.24) is 5.32 Å². The van der Waals surface area contributed by atoms with Crippen LogP contribution in [0.4, 0.5) is 0 Å². The third-order valence-electron chi connectivity index (χ3n) is 1.72. The highest BCUT2D eigenvalue weighted by molar-refractivity contribution is 5.85. The van der Waals surface area contributed by atoms with E-state index in [-0.39, 0.29) is 19.0 Å². The molecular formula is C7H15ClN2O4. The fourth-order valence-electron chi connectivity index (χ4n) is 0.749. The second-order valence-electron chi connectivity index (χ2n) is 2.72. The Hall–Kier alpha value is -0.690. The van der Waals surface area contributed by atoms with Crippen molar-refractivity contribution in [1.29, 1.82) is 0 Å². The summed E-state index contributed by atoms with van der Waals surface area (Å²) in [6.07, 6.45) is 1.54. The summed E-state index contributed by atoms with van der Waals surface area (Å²) in [5, 5.41) is 30.7. The Balaban J connectivity index is 0. The van der Waals surface area contributed by atoms with Crippen LogP contribution < -0.4 is 5.32 Å². The summed E-state index contributed by atoms with van der Waals surface area (Å²) < 4.78 is 0. The van der Waals surface area contributed by atoms with Gasteiger partial charge in [0.1, 0.15) is 13.2 Å². The molecule has 0 aromatic heterocycles. The zero-order valence-corrected chi connectivity index (χ0v) is 8.50. The molecule has 0 radical (unpaired) electrons. The Morgan fingerprint density at radius 2 is 2.00 bits per heavy atom. The van der Waals surface area contributed by atoms with Gasteiger partial charge in [0.25, 0.3) is 5.54 Å². The molecule has 0 saturated heterocycles. The van der Waals surface area contributed by atoms with E-state index in [4.69, 9.17) is 10.2 Å². The molecule has 0 aromatic rings. The van der Waals surface area contributed by atoms with Crippen molar-refractivity contribution in [2.24, 2.45) is 0 Å². The fraction of sp³-hybridized carbons (Fsp3) is 0.714. The van der Waals surface area contributed by atoms with E-state index < -0.39 is 23.7 Å². The van der Waals surface area contributed by atoms with E-state index in [1.54, 1.807) is 6.08 Å². The van der Waals surface area contributed by atoms with E-state index >= 15 is 0 Å². The number of aliphatic hydroxyl groups is 2. The molecule has 0 spiro atoms. The van der Waals surface area contributed by atoms with Crippen molar-refractivity contribution in [3.63, 3.8) is 0 Å². The van der Waals surface area contributed by atoms with E-state index in [9.17, 15) is 10.1 Å². The van der Waals surface area contributed by atoms with Crippen LogP contribution in [0.15, 0.2) is 12.7 Å². The highest BCUT2D eigenvalue weighted by Gasteiger charge is 2.41. The van der Waals surface area contributed by atoms with E-state index in [2.05, 4.69) is 11.9 Å². The lowest BCUT2D eigenvalue weighted by Gasteiger charge is -2.20. The van der Waals surface area contributed by atoms with Gasteiger partial charge in [-0.2, -0.15) is 0 Å². The molecule has 6 nitrogen and oxygen atoms in total. The molecular weight excluding hydrogens is 212 g/mol. The summed E-state index contributed by atoms with van der Waals surface area (Å²) in [5.74, 6) is 0. The monoisotopic (exact) mass is 226 g/mol. The first-order chi connectivity index (χ1) is 6.13. The Morgan fingerprint density at radius 3 is 2.29 bits per heavy atom. The Morgan fingerprint density at radius 1 is 1.50 bits per heavy atom. The highest BCUT2D eigenvalue weighted by Crippen LogP contribution is 2.06. The van der Waals surface area contributed by atoms with Crippen molar-refractivity contribution < 1.29 is 15.1 Å². The van der Waals surface area contributed by atoms with Gasteiger partial charge in [0, 0.05) is 11.5 Å². The first kappa shape index (κ1) is 15.8. The fourth-order valence-corrected chi connectivity index (χ4v) is 0.749. The van der Waals surface area contributed by atoms with E-state index in [1.165, 1.54) is 0 Å². The van der Waals surface area contributed by atoms with E-state index in [1.807, 2.05) is 0 Å². The standard InChI is InChI=1S/C7H14N2O4.ClH/c1-2-3-8-4-7(5-10,6-11)9(12)13;/h2,8,10-11H,1,3-6H2;1H. The largest absolute Gasteiger partial charge is 0.389 e. The maximum atomic E-state index is 10.5. The summed E-state index contributed by atoms with van der Waals surface area (Å²) in [6.45, 7) is 2.35. The number of hydrogen-bond acceptors (Lipinski definition) is 5. The van der Waals surface area contributed by atoms with Crippen molar-refractivity contribution in [3.8, 4) is 0 Å². The maximum absolute atomic E-state index is 10.5. The number of hydrogen-bond donors (Lipinski definition) is 3. The van der Waals surface area contributed by atoms with Crippen LogP contribution in [0.25, 0.3) is 0 Å². The zero-order valence-electron chi connectivity index (χ0n) is 7.68. The molecule has 0 aliphatic rings. The van der Waals surface area contributed by atoms with Crippen LogP contribution in [0.3, 0.4) is 0 Å². The summed E-state index contributed by atoms with van der Waals surface area (Å²) in [7, 11) is 0. The minimum atomic E-state index is -1.69. The van der Waals surface area contributed by atoms with Crippen LogP contribution in [-0.2, 0) is 0 Å². The molecule has 0 aliphatic carbocycles. The maximum Gasteiger partial charge on any atom is 0.279 e. The number of nitrogens with one attached hydrogen (secondary N) is 1. The third-order valence-corrected chi connectivity index (χ3v) is 1.72. The predicted octanol–water partition coefficient (Wildman–Crippen LogP) is -0.816. The molecule has 0 rings (SSSR count). The lowest BCUT2D eigenvalue weighted by molar-refractivity contribution is -0.574. The molecule has 0 amide bonds. The SMILES string of the molecule is C=CCNCC(CO)(CO)[N+](=O)[O-].Cl. The number of aliphatic hydroxyl groups excluding tert-OH is 2. The summed E-state index contributed by atoms with van der Waals surface area (Å²) in [4.78, 5) is 9.82. The quantitative estimate of drug-likeness (QED) is 0.228. The average molecular weight is 227 g/mol. The summed E-state index contributed by atoms with van der Waals surface area (Å²) in [5.41, 5.74) is -1.69. The van der Waals surface area contributed by atoms with Crippen LogP contribution in [0, 0.1) is 10.1 Å². The molecule has 0 aromatic carbocycles. The molecule has 0 atom stereocenters.